The fraction of sp³-hybridized carbons (Fsp3) is 0.667. The van der Waals surface area contributed by atoms with Gasteiger partial charge in [0, 0.05) is 11.8 Å². The lowest BCUT2D eigenvalue weighted by molar-refractivity contribution is -0.0155. The second kappa shape index (κ2) is 6.79. The van der Waals surface area contributed by atoms with Crippen LogP contribution in [0.5, 0.6) is 0 Å². The van der Waals surface area contributed by atoms with Gasteiger partial charge in [-0.15, -0.1) is 0 Å². The molecule has 0 amide bonds. The second-order valence-corrected chi connectivity index (χ2v) is 5.54. The van der Waals surface area contributed by atoms with Gasteiger partial charge >= 0.3 is 0 Å². The summed E-state index contributed by atoms with van der Waals surface area (Å²) < 4.78 is 15.1. The molecule has 0 spiro atoms. The van der Waals surface area contributed by atoms with E-state index in [1.807, 2.05) is 6.92 Å². The van der Waals surface area contributed by atoms with Gasteiger partial charge in [0.2, 0.25) is 0 Å². The summed E-state index contributed by atoms with van der Waals surface area (Å²) in [4.78, 5) is 4.23. The summed E-state index contributed by atoms with van der Waals surface area (Å²) in [5, 5.41) is 31.4. The Morgan fingerprint density at radius 2 is 2.05 bits per heavy atom. The van der Waals surface area contributed by atoms with Crippen LogP contribution >= 0.6 is 0 Å². The van der Waals surface area contributed by atoms with Gasteiger partial charge in [0.1, 0.15) is 12.2 Å². The molecule has 0 radical (unpaired) electrons. The molecule has 0 bridgehead atoms. The monoisotopic (exact) mass is 298 g/mol. The maximum Gasteiger partial charge on any atom is 0.155 e. The first kappa shape index (κ1) is 16.3. The van der Waals surface area contributed by atoms with Gasteiger partial charge in [0.15, 0.2) is 5.67 Å². The third-order valence-corrected chi connectivity index (χ3v) is 4.08. The lowest BCUT2D eigenvalue weighted by Crippen LogP contribution is -2.38. The van der Waals surface area contributed by atoms with E-state index in [9.17, 15) is 10.2 Å². The Morgan fingerprint density at radius 3 is 2.62 bits per heavy atom. The molecule has 2 rings (SSSR count). The molecule has 1 saturated heterocycles. The Bertz CT molecular complexity index is 478. The lowest BCUT2D eigenvalue weighted by atomic mass is 9.86. The molecule has 1 aromatic heterocycles. The van der Waals surface area contributed by atoms with Crippen molar-refractivity contribution in [2.45, 2.75) is 44.1 Å². The number of piperidine rings is 1. The van der Waals surface area contributed by atoms with Crippen LogP contribution in [-0.2, 0) is 12.1 Å². The second-order valence-electron chi connectivity index (χ2n) is 5.54. The highest BCUT2D eigenvalue weighted by Crippen LogP contribution is 2.36. The molecule has 21 heavy (non-hydrogen) atoms. The molecule has 118 valence electrons. The Balaban J connectivity index is 2.32. The maximum atomic E-state index is 15.1. The lowest BCUT2D eigenvalue weighted by Gasteiger charge is -2.31. The number of aromatic nitrogens is 1. The zero-order valence-corrected chi connectivity index (χ0v) is 12.2. The van der Waals surface area contributed by atoms with Gasteiger partial charge in [-0.05, 0) is 44.0 Å². The number of aryl methyl sites for hydroxylation is 1. The first-order valence-electron chi connectivity index (χ1n) is 7.37. The topological polar surface area (TPSA) is 85.6 Å². The van der Waals surface area contributed by atoms with Crippen LogP contribution < -0.4 is 5.32 Å². The van der Waals surface area contributed by atoms with Crippen LogP contribution in [0.1, 0.15) is 42.7 Å². The first-order valence-corrected chi connectivity index (χ1v) is 7.37. The number of aliphatic hydroxyl groups is 3. The summed E-state index contributed by atoms with van der Waals surface area (Å²) >= 11 is 0. The Labute approximate surface area is 123 Å². The van der Waals surface area contributed by atoms with Crippen LogP contribution in [0.3, 0.4) is 0 Å². The zero-order chi connectivity index (χ0) is 15.5. The Hall–Kier alpha value is -1.08. The van der Waals surface area contributed by atoms with Gasteiger partial charge < -0.3 is 20.6 Å². The van der Waals surface area contributed by atoms with Gasteiger partial charge in [-0.1, -0.05) is 6.92 Å². The molecule has 0 saturated carbocycles. The van der Waals surface area contributed by atoms with E-state index in [-0.39, 0.29) is 0 Å². The fourth-order valence-electron chi connectivity index (χ4n) is 2.75. The number of hydrogen-bond donors (Lipinski definition) is 4. The summed E-state index contributed by atoms with van der Waals surface area (Å²) in [5.41, 5.74) is 0.132. The average molecular weight is 298 g/mol. The number of alkyl halides is 1. The smallest absolute Gasteiger partial charge is 0.155 e. The van der Waals surface area contributed by atoms with Crippen molar-refractivity contribution in [3.8, 4) is 0 Å². The largest absolute Gasteiger partial charge is 0.394 e. The SMILES string of the molecule is CCc1cc([C@H](O)[C@@H](O)CO)cnc1C1(F)CCNCC1. The van der Waals surface area contributed by atoms with E-state index in [2.05, 4.69) is 10.3 Å². The van der Waals surface area contributed by atoms with Crippen LogP contribution in [-0.4, -0.2) is 46.1 Å². The normalized spacial score (nSPS) is 21.0. The number of nitrogens with zero attached hydrogens (tertiary/aromatic N) is 1. The molecule has 0 unspecified atom stereocenters. The highest BCUT2D eigenvalue weighted by atomic mass is 19.1. The van der Waals surface area contributed by atoms with Crippen LogP contribution in [0.4, 0.5) is 4.39 Å². The van der Waals surface area contributed by atoms with Crippen LogP contribution in [0.25, 0.3) is 0 Å². The molecule has 1 fully saturated rings. The van der Waals surface area contributed by atoms with Crippen molar-refractivity contribution in [2.75, 3.05) is 19.7 Å². The molecule has 1 aliphatic rings. The molecule has 5 nitrogen and oxygen atoms in total. The Kier molecular flexibility index (Phi) is 5.27. The minimum Gasteiger partial charge on any atom is -0.394 e. The van der Waals surface area contributed by atoms with Crippen molar-refractivity contribution in [1.82, 2.24) is 10.3 Å². The van der Waals surface area contributed by atoms with Gasteiger partial charge in [0.05, 0.1) is 12.3 Å². The molecule has 4 N–H and O–H groups in total. The van der Waals surface area contributed by atoms with Gasteiger partial charge in [-0.25, -0.2) is 4.39 Å². The molecule has 1 aliphatic heterocycles. The highest BCUT2D eigenvalue weighted by Gasteiger charge is 2.37. The fourth-order valence-corrected chi connectivity index (χ4v) is 2.75. The van der Waals surface area contributed by atoms with E-state index < -0.39 is 24.5 Å². The predicted octanol–water partition coefficient (Wildman–Crippen LogP) is 0.579. The highest BCUT2D eigenvalue weighted by molar-refractivity contribution is 5.31. The number of halogens is 1. The van der Waals surface area contributed by atoms with Crippen molar-refractivity contribution >= 4 is 0 Å². The van der Waals surface area contributed by atoms with Crippen molar-refractivity contribution in [1.29, 1.82) is 0 Å². The zero-order valence-electron chi connectivity index (χ0n) is 12.2. The average Bonchev–Trinajstić information content (AvgIpc) is 2.53. The van der Waals surface area contributed by atoms with E-state index in [4.69, 9.17) is 5.11 Å². The number of aliphatic hydroxyl groups excluding tert-OH is 3. The van der Waals surface area contributed by atoms with Crippen LogP contribution in [0.2, 0.25) is 0 Å². The maximum absolute atomic E-state index is 15.1. The van der Waals surface area contributed by atoms with Gasteiger partial charge in [-0.3, -0.25) is 4.98 Å². The van der Waals surface area contributed by atoms with Crippen LogP contribution in [0.15, 0.2) is 12.3 Å². The van der Waals surface area contributed by atoms with Crippen molar-refractivity contribution in [3.63, 3.8) is 0 Å². The number of rotatable bonds is 5. The van der Waals surface area contributed by atoms with E-state index in [0.29, 0.717) is 43.6 Å². The van der Waals surface area contributed by atoms with Crippen LogP contribution in [0, 0.1) is 0 Å². The minimum atomic E-state index is -1.43. The predicted molar refractivity (Wildman–Crippen MR) is 76.6 cm³/mol. The number of nitrogens with one attached hydrogen (secondary N) is 1. The molecular formula is C15H23FN2O3. The summed E-state index contributed by atoms with van der Waals surface area (Å²) in [6.07, 6.45) is 0.270. The molecule has 2 atom stereocenters. The van der Waals surface area contributed by atoms with E-state index in [1.165, 1.54) is 6.20 Å². The minimum absolute atomic E-state index is 0.383. The van der Waals surface area contributed by atoms with Gasteiger partial charge in [0.25, 0.3) is 0 Å². The molecule has 1 aromatic rings. The van der Waals surface area contributed by atoms with Gasteiger partial charge in [-0.2, -0.15) is 0 Å². The molecule has 6 heteroatoms. The summed E-state index contributed by atoms with van der Waals surface area (Å²) in [6.45, 7) is 2.61. The number of pyridine rings is 1. The van der Waals surface area contributed by atoms with E-state index in [1.54, 1.807) is 6.07 Å². The third-order valence-electron chi connectivity index (χ3n) is 4.08. The summed E-state index contributed by atoms with van der Waals surface area (Å²) in [6, 6.07) is 1.68. The molecule has 0 aliphatic carbocycles. The quantitative estimate of drug-likeness (QED) is 0.639. The Morgan fingerprint density at radius 1 is 1.38 bits per heavy atom. The summed E-state index contributed by atoms with van der Waals surface area (Å²) in [5.74, 6) is 0. The standard InChI is InChI=1S/C15H23FN2O3/c1-2-10-7-11(13(21)12(20)9-19)8-18-14(10)15(16)3-5-17-6-4-15/h7-8,12-13,17,19-21H,2-6,9H2,1H3/t12-,13-/m0/s1. The van der Waals surface area contributed by atoms with E-state index in [0.717, 1.165) is 5.56 Å². The van der Waals surface area contributed by atoms with Crippen molar-refractivity contribution in [3.05, 3.63) is 29.1 Å². The third kappa shape index (κ3) is 3.40. The molecule has 2 heterocycles. The molecule has 0 aromatic carbocycles. The van der Waals surface area contributed by atoms with Crippen molar-refractivity contribution in [2.24, 2.45) is 0 Å². The molecular weight excluding hydrogens is 275 g/mol. The first-order chi connectivity index (χ1) is 10.0. The summed E-state index contributed by atoms with van der Waals surface area (Å²) in [7, 11) is 0. The van der Waals surface area contributed by atoms with E-state index >= 15 is 4.39 Å². The number of hydrogen-bond acceptors (Lipinski definition) is 5. The van der Waals surface area contributed by atoms with Crippen molar-refractivity contribution < 1.29 is 19.7 Å².